The van der Waals surface area contributed by atoms with Crippen molar-refractivity contribution in [2.75, 3.05) is 6.61 Å². The summed E-state index contributed by atoms with van der Waals surface area (Å²) in [7, 11) is 0. The van der Waals surface area contributed by atoms with Crippen LogP contribution in [0.4, 0.5) is 4.39 Å². The zero-order chi connectivity index (χ0) is 9.97. The molecule has 1 aromatic rings. The minimum Gasteiger partial charge on any atom is -0.490 e. The summed E-state index contributed by atoms with van der Waals surface area (Å²) in [5.41, 5.74) is 0.729. The summed E-state index contributed by atoms with van der Waals surface area (Å²) in [6, 6.07) is 4.84. The lowest BCUT2D eigenvalue weighted by atomic mass is 10.2. The Hall–Kier alpha value is -0.760. The van der Waals surface area contributed by atoms with E-state index in [1.165, 1.54) is 18.9 Å². The Morgan fingerprint density at radius 1 is 1.43 bits per heavy atom. The number of benzene rings is 1. The van der Waals surface area contributed by atoms with E-state index in [0.717, 1.165) is 5.56 Å². The Morgan fingerprint density at radius 2 is 2.21 bits per heavy atom. The fourth-order valence-electron chi connectivity index (χ4n) is 1.31. The third kappa shape index (κ3) is 2.18. The number of hydrogen-bond donors (Lipinski definition) is 0. The molecule has 0 radical (unpaired) electrons. The van der Waals surface area contributed by atoms with Gasteiger partial charge in [0.25, 0.3) is 0 Å². The molecule has 0 unspecified atom stereocenters. The second-order valence-electron chi connectivity index (χ2n) is 3.62. The summed E-state index contributed by atoms with van der Waals surface area (Å²) in [6.07, 6.45) is 2.40. The number of alkyl halides is 1. The Labute approximate surface area is 87.8 Å². The molecule has 14 heavy (non-hydrogen) atoms. The molecule has 76 valence electrons. The van der Waals surface area contributed by atoms with E-state index in [1.54, 1.807) is 12.1 Å². The van der Waals surface area contributed by atoms with Crippen LogP contribution >= 0.6 is 11.6 Å². The largest absolute Gasteiger partial charge is 0.490 e. The smallest absolute Gasteiger partial charge is 0.165 e. The van der Waals surface area contributed by atoms with Crippen LogP contribution in [0.2, 0.25) is 0 Å². The minimum absolute atomic E-state index is 0.289. The maximum atomic E-state index is 13.3. The lowest BCUT2D eigenvalue weighted by Gasteiger charge is -2.09. The van der Waals surface area contributed by atoms with E-state index in [1.807, 2.05) is 0 Å². The summed E-state index contributed by atoms with van der Waals surface area (Å²) in [6.45, 7) is 0.616. The van der Waals surface area contributed by atoms with Crippen LogP contribution in [0.5, 0.6) is 5.75 Å². The highest BCUT2D eigenvalue weighted by Crippen LogP contribution is 2.31. The highest BCUT2D eigenvalue weighted by molar-refractivity contribution is 6.17. The second-order valence-corrected chi connectivity index (χ2v) is 3.88. The molecule has 0 bridgehead atoms. The van der Waals surface area contributed by atoms with Crippen molar-refractivity contribution in [2.45, 2.75) is 18.7 Å². The van der Waals surface area contributed by atoms with Crippen molar-refractivity contribution in [1.82, 2.24) is 0 Å². The number of hydrogen-bond acceptors (Lipinski definition) is 1. The predicted octanol–water partition coefficient (Wildman–Crippen LogP) is 3.35. The van der Waals surface area contributed by atoms with Crippen LogP contribution in [0.25, 0.3) is 0 Å². The molecule has 0 saturated heterocycles. The number of halogens is 2. The number of rotatable bonds is 4. The molecule has 0 aliphatic heterocycles. The predicted molar refractivity (Wildman–Crippen MR) is 54.2 cm³/mol. The number of para-hydroxylation sites is 1. The molecule has 0 aromatic heterocycles. The van der Waals surface area contributed by atoms with Gasteiger partial charge >= 0.3 is 0 Å². The van der Waals surface area contributed by atoms with Crippen LogP contribution in [0.15, 0.2) is 18.2 Å². The third-order valence-electron chi connectivity index (χ3n) is 2.35. The highest BCUT2D eigenvalue weighted by atomic mass is 35.5. The van der Waals surface area contributed by atoms with Crippen molar-refractivity contribution in [2.24, 2.45) is 5.92 Å². The molecule has 1 aliphatic carbocycles. The molecule has 0 spiro atoms. The zero-order valence-electron chi connectivity index (χ0n) is 7.80. The first-order chi connectivity index (χ1) is 6.81. The normalized spacial score (nSPS) is 15.6. The van der Waals surface area contributed by atoms with E-state index >= 15 is 0 Å². The molecule has 0 atom stereocenters. The van der Waals surface area contributed by atoms with Gasteiger partial charge in [-0.15, -0.1) is 11.6 Å². The molecule has 0 heterocycles. The van der Waals surface area contributed by atoms with Gasteiger partial charge in [0.15, 0.2) is 11.6 Å². The van der Waals surface area contributed by atoms with Crippen molar-refractivity contribution in [3.63, 3.8) is 0 Å². The van der Waals surface area contributed by atoms with Gasteiger partial charge in [-0.2, -0.15) is 0 Å². The molecule has 3 heteroatoms. The molecular formula is C11H12ClFO. The second kappa shape index (κ2) is 4.18. The van der Waals surface area contributed by atoms with Gasteiger partial charge in [0.05, 0.1) is 12.5 Å². The average molecular weight is 215 g/mol. The molecule has 1 saturated carbocycles. The summed E-state index contributed by atoms with van der Waals surface area (Å²) in [5, 5.41) is 0. The first kappa shape index (κ1) is 9.78. The fraction of sp³-hybridized carbons (Fsp3) is 0.455. The quantitative estimate of drug-likeness (QED) is 0.699. The molecule has 1 aliphatic rings. The van der Waals surface area contributed by atoms with Gasteiger partial charge in [-0.1, -0.05) is 12.1 Å². The Balaban J connectivity index is 2.11. The van der Waals surface area contributed by atoms with E-state index in [9.17, 15) is 4.39 Å². The van der Waals surface area contributed by atoms with Crippen LogP contribution in [0.1, 0.15) is 18.4 Å². The standard InChI is InChI=1S/C11H12ClFO/c12-6-9-2-1-3-10(13)11(9)14-7-8-4-5-8/h1-3,8H,4-7H2. The zero-order valence-corrected chi connectivity index (χ0v) is 8.56. The van der Waals surface area contributed by atoms with Gasteiger partial charge in [0.1, 0.15) is 0 Å². The molecule has 0 N–H and O–H groups in total. The molecule has 1 fully saturated rings. The molecule has 1 aromatic carbocycles. The first-order valence-electron chi connectivity index (χ1n) is 4.77. The first-order valence-corrected chi connectivity index (χ1v) is 5.31. The Kier molecular flexibility index (Phi) is 2.92. The summed E-state index contributed by atoms with van der Waals surface area (Å²) in [5.74, 6) is 0.925. The average Bonchev–Trinajstić information content (AvgIpc) is 2.99. The van der Waals surface area contributed by atoms with Crippen LogP contribution in [-0.2, 0) is 5.88 Å². The van der Waals surface area contributed by atoms with Gasteiger partial charge in [0, 0.05) is 5.56 Å². The summed E-state index contributed by atoms with van der Waals surface area (Å²) >= 11 is 5.69. The lowest BCUT2D eigenvalue weighted by Crippen LogP contribution is -2.03. The van der Waals surface area contributed by atoms with E-state index in [-0.39, 0.29) is 11.7 Å². The van der Waals surface area contributed by atoms with E-state index < -0.39 is 0 Å². The SMILES string of the molecule is Fc1cccc(CCl)c1OCC1CC1. The van der Waals surface area contributed by atoms with Gasteiger partial charge < -0.3 is 4.74 Å². The Morgan fingerprint density at radius 3 is 2.86 bits per heavy atom. The van der Waals surface area contributed by atoms with Gasteiger partial charge in [0.2, 0.25) is 0 Å². The fourth-order valence-corrected chi connectivity index (χ4v) is 1.52. The molecule has 0 amide bonds. The summed E-state index contributed by atoms with van der Waals surface area (Å²) in [4.78, 5) is 0. The topological polar surface area (TPSA) is 9.23 Å². The van der Waals surface area contributed by atoms with Gasteiger partial charge in [-0.05, 0) is 24.8 Å². The minimum atomic E-state index is -0.316. The van der Waals surface area contributed by atoms with Crippen molar-refractivity contribution < 1.29 is 9.13 Å². The van der Waals surface area contributed by atoms with Crippen LogP contribution in [0.3, 0.4) is 0 Å². The van der Waals surface area contributed by atoms with Crippen molar-refractivity contribution in [3.05, 3.63) is 29.6 Å². The van der Waals surface area contributed by atoms with Crippen molar-refractivity contribution >= 4 is 11.6 Å². The monoisotopic (exact) mass is 214 g/mol. The van der Waals surface area contributed by atoms with Crippen LogP contribution in [0, 0.1) is 11.7 Å². The van der Waals surface area contributed by atoms with Crippen molar-refractivity contribution in [1.29, 1.82) is 0 Å². The molecule has 2 rings (SSSR count). The summed E-state index contributed by atoms with van der Waals surface area (Å²) < 4.78 is 18.7. The lowest BCUT2D eigenvalue weighted by molar-refractivity contribution is 0.283. The van der Waals surface area contributed by atoms with E-state index in [2.05, 4.69) is 0 Å². The highest BCUT2D eigenvalue weighted by Gasteiger charge is 2.23. The molecule has 1 nitrogen and oxygen atoms in total. The van der Waals surface area contributed by atoms with E-state index in [0.29, 0.717) is 18.3 Å². The maximum absolute atomic E-state index is 13.3. The molecular weight excluding hydrogens is 203 g/mol. The maximum Gasteiger partial charge on any atom is 0.165 e. The van der Waals surface area contributed by atoms with Crippen LogP contribution < -0.4 is 4.74 Å². The van der Waals surface area contributed by atoms with E-state index in [4.69, 9.17) is 16.3 Å². The third-order valence-corrected chi connectivity index (χ3v) is 2.64. The Bertz CT molecular complexity index is 323. The van der Waals surface area contributed by atoms with Gasteiger partial charge in [-0.3, -0.25) is 0 Å². The van der Waals surface area contributed by atoms with Gasteiger partial charge in [-0.25, -0.2) is 4.39 Å². The number of ether oxygens (including phenoxy) is 1. The van der Waals surface area contributed by atoms with Crippen LogP contribution in [-0.4, -0.2) is 6.61 Å². The van der Waals surface area contributed by atoms with Crippen molar-refractivity contribution in [3.8, 4) is 5.75 Å².